The number of fused-ring (bicyclic) bond motifs is 1. The molecule has 0 aliphatic carbocycles. The highest BCUT2D eigenvalue weighted by Crippen LogP contribution is 2.29. The fourth-order valence-electron chi connectivity index (χ4n) is 2.30. The van der Waals surface area contributed by atoms with Gasteiger partial charge in [-0.3, -0.25) is 4.90 Å². The Balaban J connectivity index is 1.85. The first kappa shape index (κ1) is 13.4. The lowest BCUT2D eigenvalue weighted by atomic mass is 10.2. The maximum absolute atomic E-state index is 13.3. The molecule has 0 atom stereocenters. The average Bonchev–Trinajstić information content (AvgIpc) is 2.50. The van der Waals surface area contributed by atoms with Crippen molar-refractivity contribution < 1.29 is 13.9 Å². The molecule has 0 saturated carbocycles. The average molecular weight is 286 g/mol. The Kier molecular flexibility index (Phi) is 3.48. The molecule has 0 fully saturated rings. The van der Waals surface area contributed by atoms with Crippen LogP contribution in [0, 0.1) is 12.7 Å². The maximum Gasteiger partial charge on any atom is 0.419 e. The molecule has 1 N–H and O–H groups in total. The summed E-state index contributed by atoms with van der Waals surface area (Å²) < 4.78 is 18.6. The standard InChI is InChI=1S/C16H15FN2O2/c1-11-6-7-12(17)10-15(11)21-16(20)19-9-8-18-13-4-2-3-5-14(13)19/h2-7,10,18H,8-9H2,1H3. The molecule has 1 amide bonds. The highest BCUT2D eigenvalue weighted by atomic mass is 19.1. The minimum Gasteiger partial charge on any atom is -0.410 e. The summed E-state index contributed by atoms with van der Waals surface area (Å²) in [5.41, 5.74) is 2.37. The molecule has 1 aliphatic heterocycles. The van der Waals surface area contributed by atoms with E-state index in [1.807, 2.05) is 24.3 Å². The first-order valence-electron chi connectivity index (χ1n) is 6.73. The van der Waals surface area contributed by atoms with Crippen LogP contribution in [0.5, 0.6) is 5.75 Å². The van der Waals surface area contributed by atoms with Gasteiger partial charge in [0.1, 0.15) is 11.6 Å². The summed E-state index contributed by atoms with van der Waals surface area (Å²) in [5, 5.41) is 3.22. The van der Waals surface area contributed by atoms with Gasteiger partial charge in [-0.25, -0.2) is 9.18 Å². The SMILES string of the molecule is Cc1ccc(F)cc1OC(=O)N1CCNc2ccccc21. The quantitative estimate of drug-likeness (QED) is 0.871. The summed E-state index contributed by atoms with van der Waals surface area (Å²) in [6, 6.07) is 11.7. The number of halogens is 1. The van der Waals surface area contributed by atoms with Crippen molar-refractivity contribution in [2.45, 2.75) is 6.92 Å². The minimum absolute atomic E-state index is 0.246. The third-order valence-corrected chi connectivity index (χ3v) is 3.41. The molecule has 0 spiro atoms. The van der Waals surface area contributed by atoms with E-state index in [0.717, 1.165) is 11.4 Å². The molecule has 0 bridgehead atoms. The predicted molar refractivity (Wildman–Crippen MR) is 79.4 cm³/mol. The molecule has 0 unspecified atom stereocenters. The number of amides is 1. The summed E-state index contributed by atoms with van der Waals surface area (Å²) >= 11 is 0. The Bertz CT molecular complexity index is 688. The summed E-state index contributed by atoms with van der Waals surface area (Å²) in [4.78, 5) is 13.9. The lowest BCUT2D eigenvalue weighted by Crippen LogP contribution is -2.40. The molecule has 2 aromatic rings. The highest BCUT2D eigenvalue weighted by molar-refractivity contribution is 5.94. The van der Waals surface area contributed by atoms with Crippen molar-refractivity contribution in [3.8, 4) is 5.75 Å². The number of carbonyl (C=O) groups is 1. The van der Waals surface area contributed by atoms with E-state index in [9.17, 15) is 9.18 Å². The van der Waals surface area contributed by atoms with Gasteiger partial charge in [0.25, 0.3) is 0 Å². The molecule has 3 rings (SSSR count). The normalized spacial score (nSPS) is 13.3. The van der Waals surface area contributed by atoms with Crippen molar-refractivity contribution in [2.24, 2.45) is 0 Å². The number of rotatable bonds is 1. The van der Waals surface area contributed by atoms with E-state index in [0.29, 0.717) is 18.7 Å². The molecule has 1 aliphatic rings. The van der Waals surface area contributed by atoms with E-state index >= 15 is 0 Å². The smallest absolute Gasteiger partial charge is 0.410 e. The Hall–Kier alpha value is -2.56. The number of anilines is 2. The Labute approximate surface area is 122 Å². The van der Waals surface area contributed by atoms with Gasteiger partial charge < -0.3 is 10.1 Å². The molecular formula is C16H15FN2O2. The largest absolute Gasteiger partial charge is 0.419 e. The Morgan fingerprint density at radius 2 is 2.10 bits per heavy atom. The summed E-state index contributed by atoms with van der Waals surface area (Å²) in [7, 11) is 0. The second kappa shape index (κ2) is 5.44. The van der Waals surface area contributed by atoms with Gasteiger partial charge >= 0.3 is 6.09 Å². The van der Waals surface area contributed by atoms with E-state index in [1.165, 1.54) is 12.1 Å². The van der Waals surface area contributed by atoms with Crippen LogP contribution in [0.4, 0.5) is 20.6 Å². The molecule has 0 saturated heterocycles. The number of aryl methyl sites for hydroxylation is 1. The van der Waals surface area contributed by atoms with Gasteiger partial charge in [-0.1, -0.05) is 18.2 Å². The minimum atomic E-state index is -0.502. The van der Waals surface area contributed by atoms with E-state index in [1.54, 1.807) is 17.9 Å². The van der Waals surface area contributed by atoms with Crippen LogP contribution in [0.2, 0.25) is 0 Å². The van der Waals surface area contributed by atoms with Gasteiger partial charge in [-0.15, -0.1) is 0 Å². The van der Waals surface area contributed by atoms with Crippen LogP contribution in [0.25, 0.3) is 0 Å². The molecule has 1 heterocycles. The Morgan fingerprint density at radius 3 is 2.95 bits per heavy atom. The number of nitrogens with one attached hydrogen (secondary N) is 1. The molecule has 2 aromatic carbocycles. The second-order valence-electron chi connectivity index (χ2n) is 4.87. The van der Waals surface area contributed by atoms with Gasteiger partial charge in [0, 0.05) is 19.2 Å². The van der Waals surface area contributed by atoms with E-state index in [2.05, 4.69) is 5.32 Å². The van der Waals surface area contributed by atoms with Crippen molar-refractivity contribution in [3.05, 3.63) is 53.8 Å². The van der Waals surface area contributed by atoms with Gasteiger partial charge in [-0.2, -0.15) is 0 Å². The van der Waals surface area contributed by atoms with Gasteiger partial charge in [-0.05, 0) is 30.7 Å². The number of para-hydroxylation sites is 2. The summed E-state index contributed by atoms with van der Waals surface area (Å²) in [6.45, 7) is 2.92. The van der Waals surface area contributed by atoms with Crippen LogP contribution in [-0.2, 0) is 0 Å². The fourth-order valence-corrected chi connectivity index (χ4v) is 2.30. The molecule has 108 valence electrons. The zero-order chi connectivity index (χ0) is 14.8. The monoisotopic (exact) mass is 286 g/mol. The molecule has 21 heavy (non-hydrogen) atoms. The first-order chi connectivity index (χ1) is 10.1. The molecule has 5 heteroatoms. The summed E-state index contributed by atoms with van der Waals surface area (Å²) in [6.07, 6.45) is -0.502. The first-order valence-corrected chi connectivity index (χ1v) is 6.73. The molecule has 0 aromatic heterocycles. The number of carbonyl (C=O) groups excluding carboxylic acids is 1. The fraction of sp³-hybridized carbons (Fsp3) is 0.188. The van der Waals surface area contributed by atoms with Crippen molar-refractivity contribution in [3.63, 3.8) is 0 Å². The topological polar surface area (TPSA) is 41.6 Å². The van der Waals surface area contributed by atoms with E-state index < -0.39 is 11.9 Å². The van der Waals surface area contributed by atoms with E-state index in [4.69, 9.17) is 4.74 Å². The number of hydrogen-bond donors (Lipinski definition) is 1. The number of hydrogen-bond acceptors (Lipinski definition) is 3. The third kappa shape index (κ3) is 2.67. The van der Waals surface area contributed by atoms with Crippen molar-refractivity contribution in [2.75, 3.05) is 23.3 Å². The number of ether oxygens (including phenoxy) is 1. The van der Waals surface area contributed by atoms with Crippen LogP contribution in [-0.4, -0.2) is 19.2 Å². The van der Waals surface area contributed by atoms with Crippen LogP contribution >= 0.6 is 0 Å². The van der Waals surface area contributed by atoms with Gasteiger partial charge in [0.05, 0.1) is 11.4 Å². The van der Waals surface area contributed by atoms with Crippen LogP contribution < -0.4 is 15.0 Å². The van der Waals surface area contributed by atoms with E-state index in [-0.39, 0.29) is 5.75 Å². The second-order valence-corrected chi connectivity index (χ2v) is 4.87. The van der Waals surface area contributed by atoms with Gasteiger partial charge in [0.15, 0.2) is 0 Å². The maximum atomic E-state index is 13.3. The number of benzene rings is 2. The summed E-state index contributed by atoms with van der Waals surface area (Å²) in [5.74, 6) is -0.180. The lowest BCUT2D eigenvalue weighted by Gasteiger charge is -2.29. The van der Waals surface area contributed by atoms with Gasteiger partial charge in [0.2, 0.25) is 0 Å². The van der Waals surface area contributed by atoms with Crippen molar-refractivity contribution >= 4 is 17.5 Å². The van der Waals surface area contributed by atoms with Crippen LogP contribution in [0.15, 0.2) is 42.5 Å². The van der Waals surface area contributed by atoms with Crippen molar-refractivity contribution in [1.29, 1.82) is 0 Å². The zero-order valence-corrected chi connectivity index (χ0v) is 11.6. The lowest BCUT2D eigenvalue weighted by molar-refractivity contribution is 0.207. The Morgan fingerprint density at radius 1 is 1.29 bits per heavy atom. The number of nitrogens with zero attached hydrogens (tertiary/aromatic N) is 1. The molecular weight excluding hydrogens is 271 g/mol. The van der Waals surface area contributed by atoms with Crippen LogP contribution in [0.3, 0.4) is 0 Å². The third-order valence-electron chi connectivity index (χ3n) is 3.41. The zero-order valence-electron chi connectivity index (χ0n) is 11.6. The predicted octanol–water partition coefficient (Wildman–Crippen LogP) is 3.57. The molecule has 0 radical (unpaired) electrons. The van der Waals surface area contributed by atoms with Crippen molar-refractivity contribution in [1.82, 2.24) is 0 Å². The highest BCUT2D eigenvalue weighted by Gasteiger charge is 2.24. The molecule has 4 nitrogen and oxygen atoms in total. The van der Waals surface area contributed by atoms with Crippen LogP contribution in [0.1, 0.15) is 5.56 Å².